The normalized spacial score (nSPS) is 20.9. The van der Waals surface area contributed by atoms with Gasteiger partial charge in [-0.05, 0) is 18.4 Å². The number of carbonyl (C=O) groups is 1. The Balaban J connectivity index is 1.92. The fourth-order valence-electron chi connectivity index (χ4n) is 2.65. The van der Waals surface area contributed by atoms with Gasteiger partial charge in [0.05, 0.1) is 18.7 Å². The van der Waals surface area contributed by atoms with Crippen molar-refractivity contribution in [3.63, 3.8) is 0 Å². The summed E-state index contributed by atoms with van der Waals surface area (Å²) < 4.78 is 15.7. The van der Waals surface area contributed by atoms with E-state index in [4.69, 9.17) is 14.2 Å². The molecule has 0 radical (unpaired) electrons. The van der Waals surface area contributed by atoms with Gasteiger partial charge in [-0.2, -0.15) is 0 Å². The van der Waals surface area contributed by atoms with Gasteiger partial charge in [0.15, 0.2) is 0 Å². The molecule has 1 fully saturated rings. The minimum absolute atomic E-state index is 0.000539. The van der Waals surface area contributed by atoms with E-state index in [1.807, 2.05) is 30.3 Å². The van der Waals surface area contributed by atoms with Crippen LogP contribution in [0, 0.1) is 0 Å². The third-order valence-electron chi connectivity index (χ3n) is 3.75. The second-order valence-corrected chi connectivity index (χ2v) is 5.26. The minimum atomic E-state index is -0.322. The van der Waals surface area contributed by atoms with Crippen molar-refractivity contribution < 1.29 is 19.0 Å². The van der Waals surface area contributed by atoms with Crippen molar-refractivity contribution in [1.29, 1.82) is 0 Å². The summed E-state index contributed by atoms with van der Waals surface area (Å²) in [6.45, 7) is 4.75. The van der Waals surface area contributed by atoms with Crippen LogP contribution >= 0.6 is 0 Å². The maximum atomic E-state index is 12.4. The van der Waals surface area contributed by atoms with Gasteiger partial charge in [0.1, 0.15) is 13.4 Å². The summed E-state index contributed by atoms with van der Waals surface area (Å²) >= 11 is 0. The lowest BCUT2D eigenvalue weighted by molar-refractivity contribution is -0.0477. The zero-order chi connectivity index (χ0) is 15.8. The number of nitrogens with zero attached hydrogens (tertiary/aromatic N) is 1. The fourth-order valence-corrected chi connectivity index (χ4v) is 2.65. The molecule has 5 heteroatoms. The molecule has 0 N–H and O–H groups in total. The largest absolute Gasteiger partial charge is 0.445 e. The highest BCUT2D eigenvalue weighted by Gasteiger charge is 2.36. The van der Waals surface area contributed by atoms with Crippen molar-refractivity contribution in [3.05, 3.63) is 48.6 Å². The van der Waals surface area contributed by atoms with Gasteiger partial charge in [-0.1, -0.05) is 36.4 Å². The standard InChI is InChI=1S/C17H23NO4/c1-3-15-9-10-16(12-21-13-20-2)18(15)17(19)22-11-14-7-5-4-6-8-14/h3-8,15-16H,1,9-13H2,2H3/t15-,16-/m0/s1. The zero-order valence-corrected chi connectivity index (χ0v) is 12.9. The average molecular weight is 305 g/mol. The monoisotopic (exact) mass is 305 g/mol. The first kappa shape index (κ1) is 16.5. The van der Waals surface area contributed by atoms with Crippen LogP contribution in [0.4, 0.5) is 4.79 Å². The third kappa shape index (κ3) is 4.32. The van der Waals surface area contributed by atoms with Crippen LogP contribution in [-0.4, -0.2) is 43.6 Å². The van der Waals surface area contributed by atoms with Gasteiger partial charge in [-0.15, -0.1) is 6.58 Å². The van der Waals surface area contributed by atoms with Crippen LogP contribution in [0.15, 0.2) is 43.0 Å². The van der Waals surface area contributed by atoms with Crippen LogP contribution in [0.2, 0.25) is 0 Å². The van der Waals surface area contributed by atoms with Gasteiger partial charge in [-0.25, -0.2) is 4.79 Å². The number of methoxy groups -OCH3 is 1. The van der Waals surface area contributed by atoms with E-state index in [9.17, 15) is 4.79 Å². The molecule has 1 aromatic carbocycles. The maximum absolute atomic E-state index is 12.4. The number of carbonyl (C=O) groups excluding carboxylic acids is 1. The number of hydrogen-bond donors (Lipinski definition) is 0. The van der Waals surface area contributed by atoms with Crippen LogP contribution in [0.5, 0.6) is 0 Å². The zero-order valence-electron chi connectivity index (χ0n) is 12.9. The number of amides is 1. The lowest BCUT2D eigenvalue weighted by atomic mass is 10.2. The molecule has 0 saturated carbocycles. The highest BCUT2D eigenvalue weighted by atomic mass is 16.7. The summed E-state index contributed by atoms with van der Waals surface area (Å²) in [7, 11) is 1.58. The van der Waals surface area contributed by atoms with Gasteiger partial charge in [-0.3, -0.25) is 4.90 Å². The van der Waals surface area contributed by atoms with Gasteiger partial charge in [0.2, 0.25) is 0 Å². The van der Waals surface area contributed by atoms with Gasteiger partial charge in [0, 0.05) is 7.11 Å². The Hall–Kier alpha value is -1.85. The molecular weight excluding hydrogens is 282 g/mol. The molecule has 0 bridgehead atoms. The molecule has 1 heterocycles. The van der Waals surface area contributed by atoms with E-state index in [1.54, 1.807) is 18.1 Å². The van der Waals surface area contributed by atoms with E-state index in [2.05, 4.69) is 6.58 Å². The third-order valence-corrected chi connectivity index (χ3v) is 3.75. The molecule has 0 aromatic heterocycles. The Morgan fingerprint density at radius 1 is 1.36 bits per heavy atom. The molecule has 0 spiro atoms. The highest BCUT2D eigenvalue weighted by Crippen LogP contribution is 2.26. The van der Waals surface area contributed by atoms with Crippen LogP contribution in [0.3, 0.4) is 0 Å². The van der Waals surface area contributed by atoms with E-state index in [1.165, 1.54) is 0 Å². The lowest BCUT2D eigenvalue weighted by Crippen LogP contribution is -2.42. The molecule has 5 nitrogen and oxygen atoms in total. The molecule has 1 saturated heterocycles. The summed E-state index contributed by atoms with van der Waals surface area (Å²) in [5, 5.41) is 0. The summed E-state index contributed by atoms with van der Waals surface area (Å²) in [6.07, 6.45) is 3.23. The Morgan fingerprint density at radius 2 is 2.14 bits per heavy atom. The van der Waals surface area contributed by atoms with Crippen molar-refractivity contribution in [3.8, 4) is 0 Å². The fraction of sp³-hybridized carbons (Fsp3) is 0.471. The molecule has 0 aliphatic carbocycles. The Kier molecular flexibility index (Phi) is 6.43. The van der Waals surface area contributed by atoms with E-state index in [0.717, 1.165) is 18.4 Å². The number of hydrogen-bond acceptors (Lipinski definition) is 4. The molecule has 22 heavy (non-hydrogen) atoms. The summed E-state index contributed by atoms with van der Waals surface area (Å²) in [5.74, 6) is 0. The molecule has 1 aliphatic heterocycles. The molecule has 1 aromatic rings. The van der Waals surface area contributed by atoms with Gasteiger partial charge >= 0.3 is 6.09 Å². The van der Waals surface area contributed by atoms with E-state index in [-0.39, 0.29) is 31.6 Å². The molecule has 1 aliphatic rings. The topological polar surface area (TPSA) is 48.0 Å². The second kappa shape index (κ2) is 8.56. The Bertz CT molecular complexity index is 477. The first-order valence-corrected chi connectivity index (χ1v) is 7.44. The maximum Gasteiger partial charge on any atom is 0.410 e. The molecule has 0 unspecified atom stereocenters. The number of rotatable bonds is 7. The first-order chi connectivity index (χ1) is 10.8. The second-order valence-electron chi connectivity index (χ2n) is 5.26. The molecular formula is C17H23NO4. The van der Waals surface area contributed by atoms with Crippen LogP contribution in [-0.2, 0) is 20.8 Å². The number of ether oxygens (including phenoxy) is 3. The van der Waals surface area contributed by atoms with Crippen LogP contribution in [0.25, 0.3) is 0 Å². The van der Waals surface area contributed by atoms with Crippen molar-refractivity contribution in [2.45, 2.75) is 31.5 Å². The van der Waals surface area contributed by atoms with Crippen molar-refractivity contribution >= 4 is 6.09 Å². The molecule has 2 atom stereocenters. The summed E-state index contributed by atoms with van der Waals surface area (Å²) in [4.78, 5) is 14.1. The van der Waals surface area contributed by atoms with Gasteiger partial charge in [0.25, 0.3) is 0 Å². The average Bonchev–Trinajstić information content (AvgIpc) is 2.97. The van der Waals surface area contributed by atoms with E-state index < -0.39 is 0 Å². The van der Waals surface area contributed by atoms with Crippen LogP contribution < -0.4 is 0 Å². The quantitative estimate of drug-likeness (QED) is 0.441. The predicted molar refractivity (Wildman–Crippen MR) is 83.3 cm³/mol. The van der Waals surface area contributed by atoms with Crippen molar-refractivity contribution in [2.24, 2.45) is 0 Å². The molecule has 1 amide bonds. The molecule has 120 valence electrons. The Morgan fingerprint density at radius 3 is 2.82 bits per heavy atom. The lowest BCUT2D eigenvalue weighted by Gasteiger charge is -2.27. The summed E-state index contributed by atoms with van der Waals surface area (Å²) in [6, 6.07) is 9.65. The first-order valence-electron chi connectivity index (χ1n) is 7.44. The van der Waals surface area contributed by atoms with E-state index >= 15 is 0 Å². The Labute approximate surface area is 131 Å². The highest BCUT2D eigenvalue weighted by molar-refractivity contribution is 5.69. The summed E-state index contributed by atoms with van der Waals surface area (Å²) in [5.41, 5.74) is 0.970. The van der Waals surface area contributed by atoms with Crippen molar-refractivity contribution in [1.82, 2.24) is 4.90 Å². The van der Waals surface area contributed by atoms with Crippen molar-refractivity contribution in [2.75, 3.05) is 20.5 Å². The predicted octanol–water partition coefficient (Wildman–Crippen LogP) is 2.96. The smallest absolute Gasteiger partial charge is 0.410 e. The van der Waals surface area contributed by atoms with E-state index in [0.29, 0.717) is 6.61 Å². The number of likely N-dealkylation sites (tertiary alicyclic amines) is 1. The SMILES string of the molecule is C=C[C@H]1CC[C@@H](COCOC)N1C(=O)OCc1ccccc1. The number of benzene rings is 1. The van der Waals surface area contributed by atoms with Crippen LogP contribution in [0.1, 0.15) is 18.4 Å². The minimum Gasteiger partial charge on any atom is -0.445 e. The van der Waals surface area contributed by atoms with Gasteiger partial charge < -0.3 is 14.2 Å². The molecule has 2 rings (SSSR count).